The lowest BCUT2D eigenvalue weighted by atomic mass is 9.73. The Hall–Kier alpha value is -0.620. The molecule has 0 aromatic heterocycles. The fraction of sp³-hybridized carbons (Fsp3) is 0.500. The van der Waals surface area contributed by atoms with E-state index < -0.39 is 8.46 Å². The summed E-state index contributed by atoms with van der Waals surface area (Å²) in [6, 6.07) is 0. The highest BCUT2D eigenvalue weighted by Crippen LogP contribution is 2.39. The topological polar surface area (TPSA) is 34.1 Å². The molecule has 0 aliphatic heterocycles. The van der Waals surface area contributed by atoms with E-state index in [9.17, 15) is 9.36 Å². The quantitative estimate of drug-likeness (QED) is 0.638. The smallest absolute Gasteiger partial charge is 0.193 e. The number of rotatable bonds is 2. The third kappa shape index (κ3) is 2.00. The molecule has 1 aliphatic carbocycles. The van der Waals surface area contributed by atoms with Crippen molar-refractivity contribution in [3.05, 3.63) is 23.8 Å². The van der Waals surface area contributed by atoms with Gasteiger partial charge < -0.3 is 4.57 Å². The second-order valence-corrected chi connectivity index (χ2v) is 4.85. The third-order valence-electron chi connectivity index (χ3n) is 2.48. The van der Waals surface area contributed by atoms with Crippen LogP contribution in [-0.2, 0) is 9.36 Å². The first-order valence-corrected chi connectivity index (χ1v) is 5.39. The van der Waals surface area contributed by atoms with Crippen molar-refractivity contribution in [2.75, 3.05) is 0 Å². The molecule has 0 bridgehead atoms. The summed E-state index contributed by atoms with van der Waals surface area (Å²) in [7, 11) is -1.31. The van der Waals surface area contributed by atoms with E-state index in [-0.39, 0.29) is 16.9 Å². The van der Waals surface area contributed by atoms with Gasteiger partial charge in [0.15, 0.2) is 5.52 Å². The molecule has 1 rings (SSSR count). The van der Waals surface area contributed by atoms with E-state index in [4.69, 9.17) is 0 Å². The zero-order chi connectivity index (χ0) is 10.1. The third-order valence-corrected chi connectivity index (χ3v) is 3.05. The molecule has 2 nitrogen and oxygen atoms in total. The normalized spacial score (nSPS) is 26.4. The molecule has 0 amide bonds. The Morgan fingerprint density at radius 3 is 2.62 bits per heavy atom. The summed E-state index contributed by atoms with van der Waals surface area (Å²) in [5.74, 6) is -0.190. The summed E-state index contributed by atoms with van der Waals surface area (Å²) in [4.78, 5) is 11.4. The van der Waals surface area contributed by atoms with Gasteiger partial charge in [0.25, 0.3) is 0 Å². The van der Waals surface area contributed by atoms with Crippen LogP contribution in [0.25, 0.3) is 0 Å². The molecule has 3 heteroatoms. The summed E-state index contributed by atoms with van der Waals surface area (Å²) < 4.78 is 10.6. The Morgan fingerprint density at radius 2 is 2.15 bits per heavy atom. The highest BCUT2D eigenvalue weighted by Gasteiger charge is 2.34. The maximum Gasteiger partial charge on any atom is 0.193 e. The van der Waals surface area contributed by atoms with Crippen molar-refractivity contribution in [1.29, 1.82) is 0 Å². The first-order valence-electron chi connectivity index (χ1n) is 4.34. The van der Waals surface area contributed by atoms with Crippen LogP contribution in [0, 0.1) is 11.3 Å². The van der Waals surface area contributed by atoms with Crippen LogP contribution in [0.3, 0.4) is 0 Å². The fourth-order valence-electron chi connectivity index (χ4n) is 1.89. The van der Waals surface area contributed by atoms with Gasteiger partial charge in [-0.1, -0.05) is 37.6 Å². The number of hydrogen-bond donors (Lipinski definition) is 0. The highest BCUT2D eigenvalue weighted by molar-refractivity contribution is 7.46. The molecule has 0 heterocycles. The molecule has 0 saturated carbocycles. The van der Waals surface area contributed by atoms with Crippen LogP contribution in [0.15, 0.2) is 23.8 Å². The van der Waals surface area contributed by atoms with E-state index in [0.717, 1.165) is 5.57 Å². The zero-order valence-electron chi connectivity index (χ0n) is 8.20. The molecule has 0 aromatic carbocycles. The molecule has 13 heavy (non-hydrogen) atoms. The average Bonchev–Trinajstić information content (AvgIpc) is 2.02. The van der Waals surface area contributed by atoms with E-state index in [1.165, 1.54) is 0 Å². The van der Waals surface area contributed by atoms with E-state index in [1.807, 2.05) is 39.0 Å². The van der Waals surface area contributed by atoms with Gasteiger partial charge in [0, 0.05) is 0 Å². The summed E-state index contributed by atoms with van der Waals surface area (Å²) in [5.41, 5.74) is 0.705. The Kier molecular flexibility index (Phi) is 2.92. The van der Waals surface area contributed by atoms with Crippen LogP contribution in [0.1, 0.15) is 20.8 Å². The molecule has 0 N–H and O–H groups in total. The molecule has 1 aliphatic rings. The van der Waals surface area contributed by atoms with Crippen LogP contribution >= 0.6 is 8.46 Å². The number of hydrogen-bond acceptors (Lipinski definition) is 2. The van der Waals surface area contributed by atoms with Gasteiger partial charge in [-0.15, -0.1) is 0 Å². The summed E-state index contributed by atoms with van der Waals surface area (Å²) in [6.45, 7) is 5.91. The van der Waals surface area contributed by atoms with Crippen molar-refractivity contribution < 1.29 is 9.36 Å². The molecule has 72 valence electrons. The van der Waals surface area contributed by atoms with Crippen molar-refractivity contribution in [1.82, 2.24) is 0 Å². The van der Waals surface area contributed by atoms with Gasteiger partial charge >= 0.3 is 0 Å². The van der Waals surface area contributed by atoms with Gasteiger partial charge in [-0.2, -0.15) is 0 Å². The van der Waals surface area contributed by atoms with Crippen molar-refractivity contribution in [2.45, 2.75) is 20.8 Å². The van der Waals surface area contributed by atoms with Crippen molar-refractivity contribution >= 4 is 14.0 Å². The van der Waals surface area contributed by atoms with E-state index in [1.54, 1.807) is 0 Å². The molecule has 2 atom stereocenters. The predicted molar refractivity (Wildman–Crippen MR) is 55.6 cm³/mol. The first kappa shape index (κ1) is 10.5. The predicted octanol–water partition coefficient (Wildman–Crippen LogP) is 2.43. The number of carbonyl (C=O) groups is 1. The largest absolute Gasteiger partial charge is 0.322 e. The zero-order valence-corrected chi connectivity index (χ0v) is 9.36. The van der Waals surface area contributed by atoms with Crippen molar-refractivity contribution in [2.24, 2.45) is 11.3 Å². The summed E-state index contributed by atoms with van der Waals surface area (Å²) in [6.07, 6.45) is 5.87. The first-order chi connectivity index (χ1) is 5.99. The van der Waals surface area contributed by atoms with Gasteiger partial charge in [-0.25, -0.2) is 0 Å². The van der Waals surface area contributed by atoms with E-state index >= 15 is 0 Å². The van der Waals surface area contributed by atoms with Crippen LogP contribution < -0.4 is 0 Å². The Morgan fingerprint density at radius 1 is 1.54 bits per heavy atom. The second-order valence-electron chi connectivity index (χ2n) is 4.04. The van der Waals surface area contributed by atoms with Crippen molar-refractivity contribution in [3.63, 3.8) is 0 Å². The minimum atomic E-state index is -1.31. The van der Waals surface area contributed by atoms with Gasteiger partial charge in [0.2, 0.25) is 0 Å². The Balaban J connectivity index is 3.05. The summed E-state index contributed by atoms with van der Waals surface area (Å²) >= 11 is 0. The molecule has 0 saturated heterocycles. The van der Waals surface area contributed by atoms with Gasteiger partial charge in [0.05, 0.1) is 5.92 Å². The highest BCUT2D eigenvalue weighted by atomic mass is 31.1. The molecule has 0 spiro atoms. The fourth-order valence-corrected chi connectivity index (χ4v) is 2.71. The molecular weight excluding hydrogens is 183 g/mol. The SMILES string of the molecule is CC1=CC=CC(C)(C)C1C(=O)[PH2]=O. The van der Waals surface area contributed by atoms with Gasteiger partial charge in [0.1, 0.15) is 8.46 Å². The van der Waals surface area contributed by atoms with E-state index in [0.29, 0.717) is 0 Å². The summed E-state index contributed by atoms with van der Waals surface area (Å²) in [5, 5.41) is 0. The lowest BCUT2D eigenvalue weighted by Crippen LogP contribution is -2.29. The minimum absolute atomic E-state index is 0.122. The van der Waals surface area contributed by atoms with Crippen LogP contribution in [0.2, 0.25) is 0 Å². The second kappa shape index (κ2) is 3.63. The van der Waals surface area contributed by atoms with Gasteiger partial charge in [-0.05, 0) is 12.3 Å². The molecule has 0 radical (unpaired) electrons. The lowest BCUT2D eigenvalue weighted by molar-refractivity contribution is -0.115. The molecule has 2 unspecified atom stereocenters. The molecular formula is C10H15O2P. The Bertz CT molecular complexity index is 300. The number of carbonyl (C=O) groups excluding carboxylic acids is 1. The van der Waals surface area contributed by atoms with Crippen molar-refractivity contribution in [3.8, 4) is 0 Å². The minimum Gasteiger partial charge on any atom is -0.322 e. The number of allylic oxidation sites excluding steroid dienone is 4. The monoisotopic (exact) mass is 198 g/mol. The van der Waals surface area contributed by atoms with E-state index in [2.05, 4.69) is 0 Å². The van der Waals surface area contributed by atoms with Crippen LogP contribution in [-0.4, -0.2) is 5.52 Å². The van der Waals surface area contributed by atoms with Gasteiger partial charge in [-0.3, -0.25) is 4.79 Å². The lowest BCUT2D eigenvalue weighted by Gasteiger charge is -2.32. The molecule has 0 aromatic rings. The average molecular weight is 198 g/mol. The standard InChI is InChI=1S/C10H15O2P/c1-7-5-4-6-10(2,3)8(7)9(11)13-12/h4-6,8H,13H2,1-3H3. The maximum atomic E-state index is 11.4. The maximum absolute atomic E-state index is 11.4. The van der Waals surface area contributed by atoms with Crippen LogP contribution in [0.5, 0.6) is 0 Å². The van der Waals surface area contributed by atoms with Crippen LogP contribution in [0.4, 0.5) is 0 Å². The Labute approximate surface area is 79.9 Å². The molecule has 0 fully saturated rings.